The van der Waals surface area contributed by atoms with Gasteiger partial charge >= 0.3 is 0 Å². The van der Waals surface area contributed by atoms with E-state index in [-0.39, 0.29) is 0 Å². The van der Waals surface area contributed by atoms with Gasteiger partial charge in [0.1, 0.15) is 0 Å². The van der Waals surface area contributed by atoms with E-state index in [9.17, 15) is 0 Å². The van der Waals surface area contributed by atoms with E-state index in [2.05, 4.69) is 144 Å². The van der Waals surface area contributed by atoms with Gasteiger partial charge in [-0.15, -0.1) is 0 Å². The minimum absolute atomic E-state index is 1.24. The maximum absolute atomic E-state index is 2.55. The Hall–Kier alpha value is -5.40. The predicted octanol–water partition coefficient (Wildman–Crippen LogP) is 11.0. The van der Waals surface area contributed by atoms with Gasteiger partial charge in [-0.2, -0.15) is 0 Å². The van der Waals surface area contributed by atoms with Crippen LogP contribution in [0.5, 0.6) is 0 Å². The first-order chi connectivity index (χ1) is 20.4. The van der Waals surface area contributed by atoms with Crippen molar-refractivity contribution in [2.45, 2.75) is 0 Å². The lowest BCUT2D eigenvalue weighted by molar-refractivity contribution is 1.19. The second kappa shape index (κ2) is 7.62. The van der Waals surface area contributed by atoms with Crippen molar-refractivity contribution in [2.24, 2.45) is 0 Å². The largest absolute Gasteiger partial charge is 0.308 e. The van der Waals surface area contributed by atoms with E-state index < -0.39 is 0 Å². The molecule has 0 fully saturated rings. The first kappa shape index (κ1) is 21.4. The molecule has 0 saturated carbocycles. The van der Waals surface area contributed by atoms with Crippen LogP contribution in [0.1, 0.15) is 0 Å². The lowest BCUT2D eigenvalue weighted by Gasteiger charge is -2.16. The van der Waals surface area contributed by atoms with Crippen molar-refractivity contribution in [3.8, 4) is 27.9 Å². The number of para-hydroxylation sites is 1. The third-order valence-electron chi connectivity index (χ3n) is 9.27. The fraction of sp³-hybridized carbons (Fsp3) is 0. The van der Waals surface area contributed by atoms with E-state index in [1.54, 1.807) is 0 Å². The van der Waals surface area contributed by atoms with Crippen molar-refractivity contribution in [1.29, 1.82) is 0 Å². The van der Waals surface area contributed by atoms with Crippen molar-refractivity contribution < 1.29 is 0 Å². The Kier molecular flexibility index (Phi) is 3.98. The maximum atomic E-state index is 2.55. The number of aromatic nitrogens is 1. The van der Waals surface area contributed by atoms with Gasteiger partial charge in [0.15, 0.2) is 0 Å². The number of rotatable bonds is 1. The molecule has 0 amide bonds. The predicted molar refractivity (Wildman–Crippen MR) is 175 cm³/mol. The van der Waals surface area contributed by atoms with Crippen molar-refractivity contribution in [3.05, 3.63) is 140 Å². The molecule has 0 unspecified atom stereocenters. The number of hydrogen-bond donors (Lipinski definition) is 0. The summed E-state index contributed by atoms with van der Waals surface area (Å²) in [6.07, 6.45) is 0. The Balaban J connectivity index is 1.47. The van der Waals surface area contributed by atoms with Crippen LogP contribution in [0.4, 0.5) is 0 Å². The van der Waals surface area contributed by atoms with Gasteiger partial charge in [-0.05, 0) is 66.5 Å². The standard InChI is InChI=1S/C40H23N/c1-2-13-26-24(10-1)22-23-33-37(26)29-14-3-4-15-30(29)40-39(33)31-16-5-6-20-34(31)41(40)35-21-9-18-28-27-17-7-11-25-12-8-19-32(36(25)27)38(28)35/h1-23H. The average Bonchev–Trinajstić information content (AvgIpc) is 3.56. The maximum Gasteiger partial charge on any atom is 0.0626 e. The molecule has 10 rings (SSSR count). The summed E-state index contributed by atoms with van der Waals surface area (Å²) in [5.41, 5.74) is 9.05. The highest BCUT2D eigenvalue weighted by Gasteiger charge is 2.27. The minimum Gasteiger partial charge on any atom is -0.308 e. The Labute approximate surface area is 236 Å². The third kappa shape index (κ3) is 2.61. The molecule has 0 spiro atoms. The molecule has 0 atom stereocenters. The molecule has 1 aromatic heterocycles. The molecule has 41 heavy (non-hydrogen) atoms. The third-order valence-corrected chi connectivity index (χ3v) is 9.27. The Bertz CT molecular complexity index is 2580. The lowest BCUT2D eigenvalue weighted by Crippen LogP contribution is -1.98. The zero-order valence-corrected chi connectivity index (χ0v) is 22.2. The monoisotopic (exact) mass is 517 g/mol. The number of nitrogens with zero attached hydrogens (tertiary/aromatic N) is 1. The van der Waals surface area contributed by atoms with E-state index in [1.807, 2.05) is 0 Å². The van der Waals surface area contributed by atoms with E-state index in [0.717, 1.165) is 0 Å². The number of fused-ring (bicyclic) bond motifs is 13. The quantitative estimate of drug-likeness (QED) is 0.191. The van der Waals surface area contributed by atoms with E-state index >= 15 is 0 Å². The lowest BCUT2D eigenvalue weighted by atomic mass is 9.93. The topological polar surface area (TPSA) is 4.93 Å². The first-order valence-electron chi connectivity index (χ1n) is 14.3. The molecular formula is C40H23N. The Morgan fingerprint density at radius 2 is 1.00 bits per heavy atom. The zero-order valence-electron chi connectivity index (χ0n) is 22.2. The van der Waals surface area contributed by atoms with Crippen LogP contribution >= 0.6 is 0 Å². The van der Waals surface area contributed by atoms with Crippen LogP contribution in [0.25, 0.3) is 92.8 Å². The normalized spacial score (nSPS) is 12.4. The van der Waals surface area contributed by atoms with Gasteiger partial charge < -0.3 is 4.57 Å². The van der Waals surface area contributed by atoms with Gasteiger partial charge in [-0.1, -0.05) is 127 Å². The summed E-state index contributed by atoms with van der Waals surface area (Å²) in [6, 6.07) is 51.6. The van der Waals surface area contributed by atoms with Crippen LogP contribution in [0.3, 0.4) is 0 Å². The van der Waals surface area contributed by atoms with Gasteiger partial charge in [0.2, 0.25) is 0 Å². The summed E-state index contributed by atoms with van der Waals surface area (Å²) in [6.45, 7) is 0. The van der Waals surface area contributed by atoms with Crippen molar-refractivity contribution >= 4 is 64.9 Å². The molecular weight excluding hydrogens is 494 g/mol. The molecule has 1 heterocycles. The molecule has 0 saturated heterocycles. The SMILES string of the molecule is c1cc2c(c(-n3c4ccccc4c4c5ccc6ccccc6c5c5ccccc5c43)c1)-c1cccc3cccc-2c13. The molecule has 0 N–H and O–H groups in total. The zero-order chi connectivity index (χ0) is 26.7. The van der Waals surface area contributed by atoms with Crippen LogP contribution < -0.4 is 0 Å². The summed E-state index contributed by atoms with van der Waals surface area (Å²) in [4.78, 5) is 0. The highest BCUT2D eigenvalue weighted by molar-refractivity contribution is 6.36. The first-order valence-corrected chi connectivity index (χ1v) is 14.3. The van der Waals surface area contributed by atoms with Crippen LogP contribution in [0.2, 0.25) is 0 Å². The summed E-state index contributed by atoms with van der Waals surface area (Å²) in [5, 5.41) is 13.1. The minimum atomic E-state index is 1.24. The molecule has 8 aromatic carbocycles. The van der Waals surface area contributed by atoms with Crippen molar-refractivity contribution in [1.82, 2.24) is 4.57 Å². The van der Waals surface area contributed by atoms with Crippen molar-refractivity contribution in [3.63, 3.8) is 0 Å². The second-order valence-electron chi connectivity index (χ2n) is 11.2. The van der Waals surface area contributed by atoms with E-state index in [0.29, 0.717) is 0 Å². The van der Waals surface area contributed by atoms with Crippen LogP contribution in [0.15, 0.2) is 140 Å². The fourth-order valence-corrected chi connectivity index (χ4v) is 7.70. The van der Waals surface area contributed by atoms with Gasteiger partial charge in [0, 0.05) is 21.7 Å². The molecule has 1 aliphatic carbocycles. The molecule has 1 aliphatic rings. The average molecular weight is 518 g/mol. The Morgan fingerprint density at radius 3 is 1.88 bits per heavy atom. The summed E-state index contributed by atoms with van der Waals surface area (Å²) in [7, 11) is 0. The molecule has 1 heteroatoms. The summed E-state index contributed by atoms with van der Waals surface area (Å²) in [5.74, 6) is 0. The highest BCUT2D eigenvalue weighted by atomic mass is 15.0. The molecule has 188 valence electrons. The summed E-state index contributed by atoms with van der Waals surface area (Å²) >= 11 is 0. The molecule has 9 aromatic rings. The van der Waals surface area contributed by atoms with Gasteiger partial charge in [0.05, 0.1) is 16.7 Å². The second-order valence-corrected chi connectivity index (χ2v) is 11.2. The number of hydrogen-bond acceptors (Lipinski definition) is 0. The van der Waals surface area contributed by atoms with Crippen LogP contribution in [0, 0.1) is 0 Å². The van der Waals surface area contributed by atoms with Crippen molar-refractivity contribution in [2.75, 3.05) is 0 Å². The summed E-state index contributed by atoms with van der Waals surface area (Å²) < 4.78 is 2.55. The smallest absolute Gasteiger partial charge is 0.0626 e. The van der Waals surface area contributed by atoms with E-state index in [4.69, 9.17) is 0 Å². The molecule has 0 radical (unpaired) electrons. The van der Waals surface area contributed by atoms with Crippen LogP contribution in [-0.4, -0.2) is 4.57 Å². The van der Waals surface area contributed by atoms with Gasteiger partial charge in [-0.25, -0.2) is 0 Å². The Morgan fingerprint density at radius 1 is 0.341 bits per heavy atom. The van der Waals surface area contributed by atoms with Gasteiger partial charge in [0.25, 0.3) is 0 Å². The fourth-order valence-electron chi connectivity index (χ4n) is 7.70. The van der Waals surface area contributed by atoms with Crippen LogP contribution in [-0.2, 0) is 0 Å². The molecule has 1 nitrogen and oxygen atoms in total. The van der Waals surface area contributed by atoms with Gasteiger partial charge in [-0.3, -0.25) is 0 Å². The molecule has 0 aliphatic heterocycles. The number of benzene rings is 8. The highest BCUT2D eigenvalue weighted by Crippen LogP contribution is 2.52. The molecule has 0 bridgehead atoms. The van der Waals surface area contributed by atoms with E-state index in [1.165, 1.54) is 92.8 Å².